The second-order valence-corrected chi connectivity index (χ2v) is 3.27. The zero-order valence-corrected chi connectivity index (χ0v) is 9.07. The topological polar surface area (TPSA) is 52.0 Å². The summed E-state index contributed by atoms with van der Waals surface area (Å²) >= 11 is 0. The first-order valence-electron chi connectivity index (χ1n) is 4.71. The third-order valence-electron chi connectivity index (χ3n) is 2.20. The molecule has 0 atom stereocenters. The maximum Gasteiger partial charge on any atom is 0.00388 e. The zero-order valence-electron chi connectivity index (χ0n) is 8.25. The summed E-state index contributed by atoms with van der Waals surface area (Å²) in [5.41, 5.74) is 10.9. The van der Waals surface area contributed by atoms with Gasteiger partial charge in [-0.05, 0) is 25.7 Å². The molecule has 0 amide bonds. The van der Waals surface area contributed by atoms with Crippen molar-refractivity contribution in [3.05, 3.63) is 0 Å². The van der Waals surface area contributed by atoms with Crippen LogP contribution in [-0.4, -0.2) is 12.1 Å². The van der Waals surface area contributed by atoms with E-state index in [1.54, 1.807) is 0 Å². The Balaban J connectivity index is 0. The number of hydrogen-bond acceptors (Lipinski definition) is 2. The molecule has 0 aliphatic heterocycles. The van der Waals surface area contributed by atoms with Crippen LogP contribution >= 0.6 is 12.4 Å². The molecule has 0 saturated heterocycles. The van der Waals surface area contributed by atoms with Crippen LogP contribution in [-0.2, 0) is 0 Å². The second kappa shape index (κ2) is 9.30. The highest BCUT2D eigenvalue weighted by Crippen LogP contribution is 2.14. The van der Waals surface area contributed by atoms with Crippen LogP contribution < -0.4 is 11.5 Å². The molecule has 1 aliphatic rings. The van der Waals surface area contributed by atoms with E-state index in [9.17, 15) is 0 Å². The lowest BCUT2D eigenvalue weighted by Crippen LogP contribution is -2.27. The van der Waals surface area contributed by atoms with Crippen LogP contribution in [0, 0.1) is 0 Å². The number of rotatable bonds is 2. The molecule has 1 saturated carbocycles. The zero-order chi connectivity index (χ0) is 8.69. The SMILES string of the molecule is CCC(N)CC.Cl.NC1CCC1. The summed E-state index contributed by atoms with van der Waals surface area (Å²) in [5.74, 6) is 0. The van der Waals surface area contributed by atoms with Gasteiger partial charge in [-0.1, -0.05) is 20.3 Å². The highest BCUT2D eigenvalue weighted by atomic mass is 35.5. The van der Waals surface area contributed by atoms with E-state index in [0.717, 1.165) is 12.8 Å². The Labute approximate surface area is 82.5 Å². The van der Waals surface area contributed by atoms with Crippen LogP contribution in [0.1, 0.15) is 46.0 Å². The molecule has 0 heterocycles. The summed E-state index contributed by atoms with van der Waals surface area (Å²) in [6.07, 6.45) is 6.11. The molecule has 1 rings (SSSR count). The Morgan fingerprint density at radius 2 is 1.58 bits per heavy atom. The number of hydrogen-bond donors (Lipinski definition) is 2. The first kappa shape index (κ1) is 14.7. The third kappa shape index (κ3) is 8.31. The molecule has 4 N–H and O–H groups in total. The molecule has 3 heteroatoms. The van der Waals surface area contributed by atoms with E-state index in [-0.39, 0.29) is 12.4 Å². The van der Waals surface area contributed by atoms with Crippen molar-refractivity contribution < 1.29 is 0 Å². The van der Waals surface area contributed by atoms with Crippen molar-refractivity contribution in [1.82, 2.24) is 0 Å². The molecular formula is C9H23ClN2. The molecule has 2 nitrogen and oxygen atoms in total. The maximum absolute atomic E-state index is 5.47. The predicted molar refractivity (Wildman–Crippen MR) is 57.6 cm³/mol. The van der Waals surface area contributed by atoms with E-state index >= 15 is 0 Å². The Morgan fingerprint density at radius 3 is 1.58 bits per heavy atom. The Morgan fingerprint density at radius 1 is 1.25 bits per heavy atom. The molecule has 1 fully saturated rings. The molecular weight excluding hydrogens is 172 g/mol. The van der Waals surface area contributed by atoms with E-state index in [2.05, 4.69) is 13.8 Å². The summed E-state index contributed by atoms with van der Waals surface area (Å²) in [6.45, 7) is 4.21. The Hall–Kier alpha value is 0.210. The van der Waals surface area contributed by atoms with Crippen molar-refractivity contribution in [3.63, 3.8) is 0 Å². The highest BCUT2D eigenvalue weighted by molar-refractivity contribution is 5.85. The minimum absolute atomic E-state index is 0. The van der Waals surface area contributed by atoms with E-state index in [1.807, 2.05) is 0 Å². The van der Waals surface area contributed by atoms with Gasteiger partial charge in [-0.2, -0.15) is 0 Å². The quantitative estimate of drug-likeness (QED) is 0.707. The lowest BCUT2D eigenvalue weighted by Gasteiger charge is -2.18. The molecule has 0 aromatic rings. The van der Waals surface area contributed by atoms with Crippen molar-refractivity contribution in [2.75, 3.05) is 0 Å². The van der Waals surface area contributed by atoms with Gasteiger partial charge in [-0.15, -0.1) is 12.4 Å². The lowest BCUT2D eigenvalue weighted by atomic mass is 9.95. The summed E-state index contributed by atoms with van der Waals surface area (Å²) in [6, 6.07) is 1.000. The molecule has 12 heavy (non-hydrogen) atoms. The van der Waals surface area contributed by atoms with Gasteiger partial charge in [0.15, 0.2) is 0 Å². The fourth-order valence-corrected chi connectivity index (χ4v) is 0.729. The smallest absolute Gasteiger partial charge is 0.00388 e. The van der Waals surface area contributed by atoms with E-state index in [4.69, 9.17) is 11.5 Å². The standard InChI is InChI=1S/C5H13N.C4H9N.ClH/c1-3-5(6)4-2;5-4-2-1-3-4;/h5H,3-4,6H2,1-2H3;4H,1-3,5H2;1H. The summed E-state index contributed by atoms with van der Waals surface area (Å²) < 4.78 is 0. The maximum atomic E-state index is 5.47. The van der Waals surface area contributed by atoms with Crippen molar-refractivity contribution in [2.45, 2.75) is 58.0 Å². The molecule has 0 aromatic carbocycles. The largest absolute Gasteiger partial charge is 0.328 e. The van der Waals surface area contributed by atoms with Gasteiger partial charge < -0.3 is 11.5 Å². The van der Waals surface area contributed by atoms with Crippen molar-refractivity contribution in [3.8, 4) is 0 Å². The average molecular weight is 195 g/mol. The molecule has 76 valence electrons. The van der Waals surface area contributed by atoms with Crippen molar-refractivity contribution in [1.29, 1.82) is 0 Å². The summed E-state index contributed by atoms with van der Waals surface area (Å²) in [4.78, 5) is 0. The van der Waals surface area contributed by atoms with E-state index in [1.165, 1.54) is 19.3 Å². The Kier molecular flexibility index (Phi) is 11.4. The third-order valence-corrected chi connectivity index (χ3v) is 2.20. The molecule has 0 radical (unpaired) electrons. The first-order valence-corrected chi connectivity index (χ1v) is 4.71. The van der Waals surface area contributed by atoms with Gasteiger partial charge >= 0.3 is 0 Å². The van der Waals surface area contributed by atoms with Crippen LogP contribution in [0.25, 0.3) is 0 Å². The van der Waals surface area contributed by atoms with Crippen molar-refractivity contribution >= 4 is 12.4 Å². The minimum Gasteiger partial charge on any atom is -0.328 e. The van der Waals surface area contributed by atoms with Crippen LogP contribution in [0.5, 0.6) is 0 Å². The number of halogens is 1. The van der Waals surface area contributed by atoms with Gasteiger partial charge in [0.25, 0.3) is 0 Å². The fraction of sp³-hybridized carbons (Fsp3) is 1.00. The lowest BCUT2D eigenvalue weighted by molar-refractivity contribution is 0.418. The average Bonchev–Trinajstić information content (AvgIpc) is 2.00. The summed E-state index contributed by atoms with van der Waals surface area (Å²) in [5, 5.41) is 0. The summed E-state index contributed by atoms with van der Waals surface area (Å²) in [7, 11) is 0. The van der Waals surface area contributed by atoms with Gasteiger partial charge in [-0.3, -0.25) is 0 Å². The van der Waals surface area contributed by atoms with Gasteiger partial charge in [0.1, 0.15) is 0 Å². The van der Waals surface area contributed by atoms with Crippen LogP contribution in [0.3, 0.4) is 0 Å². The van der Waals surface area contributed by atoms with Crippen LogP contribution in [0.4, 0.5) is 0 Å². The first-order chi connectivity index (χ1) is 5.20. The van der Waals surface area contributed by atoms with Crippen LogP contribution in [0.2, 0.25) is 0 Å². The minimum atomic E-state index is 0. The number of nitrogens with two attached hydrogens (primary N) is 2. The van der Waals surface area contributed by atoms with Gasteiger partial charge in [0.05, 0.1) is 0 Å². The van der Waals surface area contributed by atoms with Crippen LogP contribution in [0.15, 0.2) is 0 Å². The van der Waals surface area contributed by atoms with Gasteiger partial charge in [0.2, 0.25) is 0 Å². The normalized spacial score (nSPS) is 15.8. The molecule has 0 bridgehead atoms. The molecule has 0 aromatic heterocycles. The monoisotopic (exact) mass is 194 g/mol. The molecule has 1 aliphatic carbocycles. The van der Waals surface area contributed by atoms with E-state index in [0.29, 0.717) is 12.1 Å². The van der Waals surface area contributed by atoms with Gasteiger partial charge in [-0.25, -0.2) is 0 Å². The molecule has 0 unspecified atom stereocenters. The Bertz CT molecular complexity index is 80.6. The van der Waals surface area contributed by atoms with Gasteiger partial charge in [0, 0.05) is 12.1 Å². The van der Waals surface area contributed by atoms with E-state index < -0.39 is 0 Å². The predicted octanol–water partition coefficient (Wildman–Crippen LogP) is 2.05. The second-order valence-electron chi connectivity index (χ2n) is 3.27. The highest BCUT2D eigenvalue weighted by Gasteiger charge is 2.09. The fourth-order valence-electron chi connectivity index (χ4n) is 0.729. The van der Waals surface area contributed by atoms with Crippen molar-refractivity contribution in [2.24, 2.45) is 11.5 Å². The molecule has 0 spiro atoms.